The number of carboxylic acid groups (broad SMARTS) is 1. The minimum atomic E-state index is -1.08. The number of aromatic carboxylic acids is 1. The van der Waals surface area contributed by atoms with Crippen LogP contribution in [0.2, 0.25) is 0 Å². The van der Waals surface area contributed by atoms with Crippen LogP contribution in [0.25, 0.3) is 11.0 Å². The summed E-state index contributed by atoms with van der Waals surface area (Å²) in [5.74, 6) is -1.58. The number of rotatable bonds is 1. The third kappa shape index (κ3) is 1.06. The van der Waals surface area contributed by atoms with Crippen LogP contribution >= 0.6 is 0 Å². The summed E-state index contributed by atoms with van der Waals surface area (Å²) in [6, 6.07) is 2.52. The van der Waals surface area contributed by atoms with Crippen molar-refractivity contribution in [2.24, 2.45) is 7.05 Å². The molecule has 0 bridgehead atoms. The molecule has 0 amide bonds. The van der Waals surface area contributed by atoms with Crippen molar-refractivity contribution >= 4 is 17.0 Å². The van der Waals surface area contributed by atoms with Crippen LogP contribution in [-0.2, 0) is 7.05 Å². The molecule has 0 unspecified atom stereocenters. The highest BCUT2D eigenvalue weighted by molar-refractivity contribution is 6.01. The number of halogens is 1. The van der Waals surface area contributed by atoms with Gasteiger partial charge in [-0.25, -0.2) is 9.78 Å². The van der Waals surface area contributed by atoms with E-state index in [1.807, 2.05) is 0 Å². The topological polar surface area (TPSA) is 55.1 Å². The summed E-state index contributed by atoms with van der Waals surface area (Å²) in [4.78, 5) is 14.7. The van der Waals surface area contributed by atoms with Gasteiger partial charge >= 0.3 is 5.97 Å². The molecule has 14 heavy (non-hydrogen) atoms. The smallest absolute Gasteiger partial charge is 0.336 e. The van der Waals surface area contributed by atoms with Crippen molar-refractivity contribution in [3.8, 4) is 0 Å². The summed E-state index contributed by atoms with van der Waals surface area (Å²) in [6.45, 7) is 0. The quantitative estimate of drug-likeness (QED) is 0.746. The predicted molar refractivity (Wildman–Crippen MR) is 47.6 cm³/mol. The summed E-state index contributed by atoms with van der Waals surface area (Å²) >= 11 is 0. The number of aromatic nitrogens is 2. The maximum absolute atomic E-state index is 13.1. The lowest BCUT2D eigenvalue weighted by molar-refractivity contribution is 0.0699. The molecule has 0 radical (unpaired) electrons. The molecular formula is C9H7FN2O2. The fourth-order valence-electron chi connectivity index (χ4n) is 1.38. The Hall–Kier alpha value is -1.91. The van der Waals surface area contributed by atoms with Gasteiger partial charge in [0.05, 0.1) is 5.56 Å². The molecule has 1 N–H and O–H groups in total. The average molecular weight is 194 g/mol. The molecule has 72 valence electrons. The van der Waals surface area contributed by atoms with Gasteiger partial charge in [-0.3, -0.25) is 0 Å². The Labute approximate surface area is 78.6 Å². The molecule has 0 aromatic carbocycles. The van der Waals surface area contributed by atoms with E-state index in [1.54, 1.807) is 0 Å². The Morgan fingerprint density at radius 3 is 3.00 bits per heavy atom. The van der Waals surface area contributed by atoms with Crippen LogP contribution in [0.4, 0.5) is 4.39 Å². The Morgan fingerprint density at radius 1 is 1.64 bits per heavy atom. The third-order valence-electron chi connectivity index (χ3n) is 2.10. The van der Waals surface area contributed by atoms with Crippen molar-refractivity contribution < 1.29 is 14.3 Å². The molecule has 0 aliphatic rings. The van der Waals surface area contributed by atoms with E-state index >= 15 is 0 Å². The molecule has 2 aromatic rings. The van der Waals surface area contributed by atoms with Gasteiger partial charge in [0.2, 0.25) is 0 Å². The van der Waals surface area contributed by atoms with E-state index in [4.69, 9.17) is 5.11 Å². The van der Waals surface area contributed by atoms with Crippen LogP contribution in [0.1, 0.15) is 10.4 Å². The zero-order chi connectivity index (χ0) is 10.3. The fraction of sp³-hybridized carbons (Fsp3) is 0.111. The van der Waals surface area contributed by atoms with Gasteiger partial charge < -0.3 is 9.67 Å². The minimum Gasteiger partial charge on any atom is -0.478 e. The molecule has 0 saturated heterocycles. The molecule has 0 fully saturated rings. The van der Waals surface area contributed by atoms with E-state index in [2.05, 4.69) is 4.98 Å². The Morgan fingerprint density at radius 2 is 2.36 bits per heavy atom. The number of nitrogens with zero attached hydrogens (tertiary/aromatic N) is 2. The third-order valence-corrected chi connectivity index (χ3v) is 2.10. The average Bonchev–Trinajstić information content (AvgIpc) is 2.43. The van der Waals surface area contributed by atoms with Crippen LogP contribution in [0.15, 0.2) is 18.3 Å². The predicted octanol–water partition coefficient (Wildman–Crippen LogP) is 1.41. The molecule has 0 saturated carbocycles. The second kappa shape index (κ2) is 2.80. The van der Waals surface area contributed by atoms with Crippen molar-refractivity contribution in [3.05, 3.63) is 29.8 Å². The molecule has 0 spiro atoms. The second-order valence-electron chi connectivity index (χ2n) is 2.93. The number of pyridine rings is 1. The zero-order valence-corrected chi connectivity index (χ0v) is 7.36. The van der Waals surface area contributed by atoms with Gasteiger partial charge in [0.15, 0.2) is 5.95 Å². The van der Waals surface area contributed by atoms with Gasteiger partial charge in [0, 0.05) is 24.7 Å². The van der Waals surface area contributed by atoms with Crippen molar-refractivity contribution in [1.29, 1.82) is 0 Å². The first kappa shape index (κ1) is 8.68. The summed E-state index contributed by atoms with van der Waals surface area (Å²) in [5, 5.41) is 9.14. The summed E-state index contributed by atoms with van der Waals surface area (Å²) in [6.07, 6.45) is 1.35. The van der Waals surface area contributed by atoms with Gasteiger partial charge in [-0.2, -0.15) is 4.39 Å². The first-order valence-electron chi connectivity index (χ1n) is 3.94. The van der Waals surface area contributed by atoms with E-state index < -0.39 is 11.9 Å². The van der Waals surface area contributed by atoms with E-state index in [-0.39, 0.29) is 5.56 Å². The van der Waals surface area contributed by atoms with Crippen LogP contribution in [-0.4, -0.2) is 20.6 Å². The number of carbonyl (C=O) groups is 1. The van der Waals surface area contributed by atoms with Gasteiger partial charge in [-0.1, -0.05) is 0 Å². The Balaban J connectivity index is 2.88. The first-order chi connectivity index (χ1) is 6.61. The molecule has 0 atom stereocenters. The Bertz CT molecular complexity index is 519. The van der Waals surface area contributed by atoms with Crippen molar-refractivity contribution in [2.45, 2.75) is 0 Å². The summed E-state index contributed by atoms with van der Waals surface area (Å²) in [7, 11) is 1.50. The largest absolute Gasteiger partial charge is 0.478 e. The van der Waals surface area contributed by atoms with Crippen molar-refractivity contribution in [3.63, 3.8) is 0 Å². The molecule has 2 heterocycles. The highest BCUT2D eigenvalue weighted by Gasteiger charge is 2.13. The van der Waals surface area contributed by atoms with E-state index in [9.17, 15) is 9.18 Å². The highest BCUT2D eigenvalue weighted by Crippen LogP contribution is 2.19. The lowest BCUT2D eigenvalue weighted by Gasteiger charge is -1.97. The number of hydrogen-bond acceptors (Lipinski definition) is 2. The second-order valence-corrected chi connectivity index (χ2v) is 2.93. The molecular weight excluding hydrogens is 187 g/mol. The molecule has 0 aliphatic heterocycles. The first-order valence-corrected chi connectivity index (χ1v) is 3.94. The fourth-order valence-corrected chi connectivity index (χ4v) is 1.38. The number of carboxylic acids is 1. The van der Waals surface area contributed by atoms with Crippen molar-refractivity contribution in [1.82, 2.24) is 9.55 Å². The summed E-state index contributed by atoms with van der Waals surface area (Å²) < 4.78 is 14.3. The van der Waals surface area contributed by atoms with Crippen LogP contribution < -0.4 is 0 Å². The molecule has 2 aromatic heterocycles. The Kier molecular flexibility index (Phi) is 1.73. The van der Waals surface area contributed by atoms with Gasteiger partial charge in [-0.05, 0) is 6.07 Å². The number of aryl methyl sites for hydroxylation is 1. The SMILES string of the molecule is Cn1c(F)cc2c(C(=O)O)ccnc21. The van der Waals surface area contributed by atoms with Crippen LogP contribution in [0.3, 0.4) is 0 Å². The molecule has 0 aliphatic carbocycles. The molecule has 5 heteroatoms. The van der Waals surface area contributed by atoms with E-state index in [0.717, 1.165) is 0 Å². The highest BCUT2D eigenvalue weighted by atomic mass is 19.1. The normalized spacial score (nSPS) is 10.7. The van der Waals surface area contributed by atoms with Crippen LogP contribution in [0.5, 0.6) is 0 Å². The van der Waals surface area contributed by atoms with Crippen LogP contribution in [0, 0.1) is 5.95 Å². The maximum atomic E-state index is 13.1. The van der Waals surface area contributed by atoms with E-state index in [0.29, 0.717) is 11.0 Å². The standard InChI is InChI=1S/C9H7FN2O2/c1-12-7(10)4-6-5(9(13)14)2-3-11-8(6)12/h2-4H,1H3,(H,13,14). The summed E-state index contributed by atoms with van der Waals surface area (Å²) in [5.41, 5.74) is 0.400. The number of fused-ring (bicyclic) bond motifs is 1. The molecule has 4 nitrogen and oxygen atoms in total. The minimum absolute atomic E-state index is 0.0644. The zero-order valence-electron chi connectivity index (χ0n) is 7.36. The lowest BCUT2D eigenvalue weighted by atomic mass is 10.2. The van der Waals surface area contributed by atoms with Gasteiger partial charge in [0.1, 0.15) is 5.65 Å². The van der Waals surface area contributed by atoms with Crippen molar-refractivity contribution in [2.75, 3.05) is 0 Å². The molecule has 2 rings (SSSR count). The number of hydrogen-bond donors (Lipinski definition) is 1. The maximum Gasteiger partial charge on any atom is 0.336 e. The van der Waals surface area contributed by atoms with E-state index in [1.165, 1.54) is 29.9 Å². The monoisotopic (exact) mass is 194 g/mol. The van der Waals surface area contributed by atoms with Gasteiger partial charge in [-0.15, -0.1) is 0 Å². The lowest BCUT2D eigenvalue weighted by Crippen LogP contribution is -1.98. The van der Waals surface area contributed by atoms with Gasteiger partial charge in [0.25, 0.3) is 0 Å².